The molecule has 6 nitrogen and oxygen atoms in total. The maximum Gasteiger partial charge on any atom is 0.242 e. The number of hydrogen-bond acceptors (Lipinski definition) is 2. The van der Waals surface area contributed by atoms with Crippen molar-refractivity contribution in [2.45, 2.75) is 38.5 Å². The van der Waals surface area contributed by atoms with E-state index in [-0.39, 0.29) is 42.1 Å². The van der Waals surface area contributed by atoms with Gasteiger partial charge in [0.2, 0.25) is 12.7 Å². The fraction of sp³-hybridized carbons (Fsp3) is 0.182. The van der Waals surface area contributed by atoms with Crippen LogP contribution in [0.1, 0.15) is 49.9 Å². The molecule has 0 bridgehead atoms. The number of hydrogen-bond donors (Lipinski definition) is 0. The largest absolute Gasteiger partial charge is 0.357 e. The molecule has 0 aliphatic heterocycles. The van der Waals surface area contributed by atoms with Crippen LogP contribution in [0.3, 0.4) is 0 Å². The predicted molar refractivity (Wildman–Crippen MR) is 194 cm³/mol. The minimum atomic E-state index is -0.415. The van der Waals surface area contributed by atoms with Crippen LogP contribution in [-0.4, -0.2) is 19.1 Å². The average Bonchev–Trinajstić information content (AvgIpc) is 3.68. The molecule has 0 fully saturated rings. The van der Waals surface area contributed by atoms with Crippen LogP contribution in [0.25, 0.3) is 44.8 Å². The Morgan fingerprint density at radius 1 is 0.481 bits per heavy atom. The van der Waals surface area contributed by atoms with Crippen LogP contribution in [0.4, 0.5) is 0 Å². The Bertz CT molecular complexity index is 2370. The van der Waals surface area contributed by atoms with Crippen molar-refractivity contribution in [2.75, 3.05) is 0 Å². The number of para-hydroxylation sites is 4. The molecule has 0 aliphatic rings. The van der Waals surface area contributed by atoms with E-state index in [0.717, 1.165) is 55.7 Å². The predicted octanol–water partition coefficient (Wildman–Crippen LogP) is 7.13. The molecule has 0 saturated heterocycles. The molecule has 0 aliphatic carbocycles. The normalized spacial score (nSPS) is 11.7. The molecular formula is C44H36N6Pt2-4. The van der Waals surface area contributed by atoms with E-state index >= 15 is 0 Å². The summed E-state index contributed by atoms with van der Waals surface area (Å²) in [5, 5.41) is 0. The van der Waals surface area contributed by atoms with Crippen LogP contribution in [0.2, 0.25) is 0 Å². The third kappa shape index (κ3) is 6.53. The first-order valence-electron chi connectivity index (χ1n) is 16.7. The minimum Gasteiger partial charge on any atom is -0.357 e. The van der Waals surface area contributed by atoms with Crippen molar-refractivity contribution >= 4 is 22.1 Å². The number of rotatable bonds is 7. The summed E-state index contributed by atoms with van der Waals surface area (Å²) in [6, 6.07) is 47.8. The van der Waals surface area contributed by atoms with Crippen molar-refractivity contribution < 1.29 is 51.3 Å². The number of benzene rings is 4. The summed E-state index contributed by atoms with van der Waals surface area (Å²) in [6.07, 6.45) is 10.5. The van der Waals surface area contributed by atoms with Gasteiger partial charge in [0.15, 0.2) is 0 Å². The van der Waals surface area contributed by atoms with Crippen LogP contribution in [0.5, 0.6) is 0 Å². The summed E-state index contributed by atoms with van der Waals surface area (Å²) in [5.74, 6) is 0. The molecule has 0 unspecified atom stereocenters. The van der Waals surface area contributed by atoms with Crippen molar-refractivity contribution in [1.82, 2.24) is 19.1 Å². The molecule has 0 amide bonds. The second kappa shape index (κ2) is 14.5. The van der Waals surface area contributed by atoms with Gasteiger partial charge in [-0.3, -0.25) is 0 Å². The van der Waals surface area contributed by atoms with E-state index in [1.807, 2.05) is 59.9 Å². The third-order valence-corrected chi connectivity index (χ3v) is 9.82. The van der Waals surface area contributed by atoms with Crippen LogP contribution in [-0.2, 0) is 67.1 Å². The van der Waals surface area contributed by atoms with Crippen molar-refractivity contribution in [3.05, 3.63) is 169 Å². The SMILES string of the molecule is Cn1[c-][n+](-c2[c-]c(C(C)(C)c3[c-]c(-c4[c-]c(C(C)(C)c5[c-]c(-[n+]6[c-]n(C)c7ccccc76)ccc5)ccn4)ncc3)ccc2)c2ccccc21.[Pt].[Pt]. The Hall–Kier alpha value is -4.50. The third-order valence-electron chi connectivity index (χ3n) is 9.82. The van der Waals surface area contributed by atoms with Gasteiger partial charge in [-0.05, 0) is 23.2 Å². The fourth-order valence-corrected chi connectivity index (χ4v) is 6.70. The van der Waals surface area contributed by atoms with Crippen LogP contribution < -0.4 is 9.13 Å². The summed E-state index contributed by atoms with van der Waals surface area (Å²) in [5.41, 5.74) is 10.8. The maximum atomic E-state index is 4.71. The monoisotopic (exact) mass is 1040 g/mol. The second-order valence-corrected chi connectivity index (χ2v) is 13.8. The average molecular weight is 1040 g/mol. The summed E-state index contributed by atoms with van der Waals surface area (Å²) in [7, 11) is 4.03. The molecule has 0 saturated carbocycles. The van der Waals surface area contributed by atoms with Gasteiger partial charge < -0.3 is 28.2 Å². The maximum absolute atomic E-state index is 4.71. The van der Waals surface area contributed by atoms with Gasteiger partial charge in [-0.25, -0.2) is 12.1 Å². The Morgan fingerprint density at radius 2 is 0.865 bits per heavy atom. The van der Waals surface area contributed by atoms with Gasteiger partial charge in [0.05, 0.1) is 36.2 Å². The van der Waals surface area contributed by atoms with Gasteiger partial charge >= 0.3 is 0 Å². The van der Waals surface area contributed by atoms with Crippen LogP contribution in [0, 0.1) is 36.9 Å². The first-order valence-corrected chi connectivity index (χ1v) is 16.7. The smallest absolute Gasteiger partial charge is 0.242 e. The van der Waals surface area contributed by atoms with E-state index in [1.165, 1.54) is 0 Å². The molecule has 4 heterocycles. The van der Waals surface area contributed by atoms with E-state index in [4.69, 9.17) is 9.97 Å². The number of fused-ring (bicyclic) bond motifs is 2. The summed E-state index contributed by atoms with van der Waals surface area (Å²) < 4.78 is 8.16. The Labute approximate surface area is 334 Å². The molecular weight excluding hydrogens is 1000 g/mol. The molecule has 52 heavy (non-hydrogen) atoms. The Kier molecular flexibility index (Phi) is 10.4. The number of pyridine rings is 2. The van der Waals surface area contributed by atoms with Gasteiger partial charge in [-0.2, -0.15) is 70.8 Å². The molecule has 8 heteroatoms. The number of aryl methyl sites for hydroxylation is 2. The van der Waals surface area contributed by atoms with Crippen molar-refractivity contribution in [3.63, 3.8) is 0 Å². The molecule has 8 rings (SSSR count). The van der Waals surface area contributed by atoms with Crippen LogP contribution >= 0.6 is 0 Å². The second-order valence-electron chi connectivity index (χ2n) is 13.8. The van der Waals surface area contributed by atoms with E-state index in [2.05, 4.69) is 147 Å². The molecule has 0 N–H and O–H groups in total. The van der Waals surface area contributed by atoms with Gasteiger partial charge in [-0.15, -0.1) is 23.5 Å². The van der Waals surface area contributed by atoms with Crippen molar-refractivity contribution in [3.8, 4) is 22.8 Å². The van der Waals surface area contributed by atoms with Gasteiger partial charge in [0.25, 0.3) is 0 Å². The molecule has 0 atom stereocenters. The summed E-state index contributed by atoms with van der Waals surface area (Å²) >= 11 is 0. The summed E-state index contributed by atoms with van der Waals surface area (Å²) in [6.45, 7) is 8.78. The first kappa shape index (κ1) is 37.3. The molecule has 8 aromatic rings. The van der Waals surface area contributed by atoms with E-state index in [0.29, 0.717) is 11.4 Å². The van der Waals surface area contributed by atoms with E-state index in [1.54, 1.807) is 0 Å². The summed E-state index contributed by atoms with van der Waals surface area (Å²) in [4.78, 5) is 9.42. The number of aromatic nitrogens is 6. The van der Waals surface area contributed by atoms with Crippen molar-refractivity contribution in [1.29, 1.82) is 0 Å². The zero-order valence-corrected chi connectivity index (χ0v) is 34.3. The van der Waals surface area contributed by atoms with Crippen LogP contribution in [0.15, 0.2) is 109 Å². The van der Waals surface area contributed by atoms with E-state index < -0.39 is 10.8 Å². The number of imidazole rings is 2. The standard InChI is InChI=1S/C44H36N6.2Pt/c1-43(2,31-13-11-15-35(25-31)49-29-47(5)39-17-7-9-19-41(39)49)33-21-23-45-37(27-33)38-28-34(22-24-46-38)44(3,4)32-14-12-16-36(26-32)50-30-48(6)40-18-8-10-20-42(40)50;;/h7-24H,1-6H3;;/q-4;;. The topological polar surface area (TPSA) is 43.4 Å². The first-order chi connectivity index (χ1) is 24.1. The van der Waals surface area contributed by atoms with Gasteiger partial charge in [0.1, 0.15) is 0 Å². The Morgan fingerprint density at radius 3 is 1.29 bits per heavy atom. The van der Waals surface area contributed by atoms with Crippen molar-refractivity contribution in [2.24, 2.45) is 14.1 Å². The van der Waals surface area contributed by atoms with E-state index in [9.17, 15) is 0 Å². The molecule has 0 spiro atoms. The quantitative estimate of drug-likeness (QED) is 0.126. The molecule has 0 radical (unpaired) electrons. The Balaban J connectivity index is 0.00000232. The van der Waals surface area contributed by atoms with Gasteiger partial charge in [-0.1, -0.05) is 87.6 Å². The minimum absolute atomic E-state index is 0. The molecule has 4 aromatic carbocycles. The zero-order chi connectivity index (χ0) is 34.6. The molecule has 266 valence electrons. The van der Waals surface area contributed by atoms with Gasteiger partial charge in [0, 0.05) is 42.1 Å². The molecule has 4 aromatic heterocycles. The number of nitrogens with zero attached hydrogens (tertiary/aromatic N) is 6. The fourth-order valence-electron chi connectivity index (χ4n) is 6.70. The zero-order valence-electron chi connectivity index (χ0n) is 29.7.